The van der Waals surface area contributed by atoms with Crippen LogP contribution in [0.5, 0.6) is 0 Å². The summed E-state index contributed by atoms with van der Waals surface area (Å²) in [6, 6.07) is 50.5. The highest BCUT2D eigenvalue weighted by Crippen LogP contribution is 2.47. The van der Waals surface area contributed by atoms with Crippen molar-refractivity contribution < 1.29 is 0 Å². The van der Waals surface area contributed by atoms with E-state index >= 15 is 0 Å². The Balaban J connectivity index is 1.30. The molecular formula is C39H24N2S2. The van der Waals surface area contributed by atoms with Gasteiger partial charge in [-0.05, 0) is 71.8 Å². The van der Waals surface area contributed by atoms with E-state index in [2.05, 4.69) is 143 Å². The number of pyridine rings is 1. The minimum Gasteiger partial charge on any atom is -0.310 e. The Morgan fingerprint density at radius 3 is 2.09 bits per heavy atom. The molecule has 2 nitrogen and oxygen atoms in total. The van der Waals surface area contributed by atoms with Crippen LogP contribution in [0.1, 0.15) is 0 Å². The fourth-order valence-corrected chi connectivity index (χ4v) is 8.70. The van der Waals surface area contributed by atoms with E-state index in [1.165, 1.54) is 62.5 Å². The summed E-state index contributed by atoms with van der Waals surface area (Å²) in [5.74, 6) is 0. The minimum atomic E-state index is 1.03. The second-order valence-electron chi connectivity index (χ2n) is 10.8. The van der Waals surface area contributed by atoms with Gasteiger partial charge in [-0.25, -0.2) is 0 Å². The van der Waals surface area contributed by atoms with Crippen LogP contribution in [0.4, 0.5) is 17.1 Å². The van der Waals surface area contributed by atoms with E-state index < -0.39 is 0 Å². The second kappa shape index (κ2) is 9.77. The van der Waals surface area contributed by atoms with Gasteiger partial charge in [0.15, 0.2) is 0 Å². The number of anilines is 3. The highest BCUT2D eigenvalue weighted by atomic mass is 32.1. The maximum atomic E-state index is 4.63. The molecule has 0 saturated carbocycles. The maximum absolute atomic E-state index is 4.63. The quantitative estimate of drug-likeness (QED) is 0.205. The van der Waals surface area contributed by atoms with Crippen LogP contribution < -0.4 is 4.90 Å². The minimum absolute atomic E-state index is 1.03. The van der Waals surface area contributed by atoms with Crippen molar-refractivity contribution in [3.8, 4) is 11.1 Å². The topological polar surface area (TPSA) is 16.1 Å². The van der Waals surface area contributed by atoms with Crippen LogP contribution in [0, 0.1) is 0 Å². The average Bonchev–Trinajstić information content (AvgIpc) is 3.64. The third-order valence-electron chi connectivity index (χ3n) is 8.32. The predicted octanol–water partition coefficient (Wildman–Crippen LogP) is 12.1. The van der Waals surface area contributed by atoms with Crippen molar-refractivity contribution in [1.29, 1.82) is 0 Å². The Hall–Kier alpha value is -5.03. The van der Waals surface area contributed by atoms with Crippen LogP contribution in [0.15, 0.2) is 146 Å². The Labute approximate surface area is 256 Å². The van der Waals surface area contributed by atoms with Gasteiger partial charge >= 0.3 is 0 Å². The van der Waals surface area contributed by atoms with E-state index in [0.29, 0.717) is 0 Å². The van der Waals surface area contributed by atoms with Gasteiger partial charge in [-0.2, -0.15) is 0 Å². The van der Waals surface area contributed by atoms with Gasteiger partial charge < -0.3 is 4.90 Å². The molecule has 4 heteroatoms. The van der Waals surface area contributed by atoms with E-state index in [0.717, 1.165) is 16.9 Å². The Morgan fingerprint density at radius 1 is 0.465 bits per heavy atom. The molecule has 6 aromatic carbocycles. The monoisotopic (exact) mass is 584 g/mol. The molecule has 0 aliphatic heterocycles. The summed E-state index contributed by atoms with van der Waals surface area (Å²) >= 11 is 3.71. The van der Waals surface area contributed by atoms with Gasteiger partial charge in [0.25, 0.3) is 0 Å². The lowest BCUT2D eigenvalue weighted by Gasteiger charge is -2.27. The van der Waals surface area contributed by atoms with Crippen LogP contribution in [0.2, 0.25) is 0 Å². The van der Waals surface area contributed by atoms with Crippen molar-refractivity contribution in [3.05, 3.63) is 146 Å². The molecule has 43 heavy (non-hydrogen) atoms. The summed E-state index contributed by atoms with van der Waals surface area (Å²) in [5.41, 5.74) is 6.93. The summed E-state index contributed by atoms with van der Waals surface area (Å²) < 4.78 is 5.17. The Kier molecular flexibility index (Phi) is 5.58. The number of aromatic nitrogens is 1. The summed E-state index contributed by atoms with van der Waals surface area (Å²) in [7, 11) is 0. The lowest BCUT2D eigenvalue weighted by Crippen LogP contribution is -2.10. The lowest BCUT2D eigenvalue weighted by molar-refractivity contribution is 1.31. The first-order chi connectivity index (χ1) is 21.3. The van der Waals surface area contributed by atoms with Crippen molar-refractivity contribution in [2.45, 2.75) is 0 Å². The zero-order valence-corrected chi connectivity index (χ0v) is 24.7. The molecule has 0 saturated heterocycles. The third kappa shape index (κ3) is 3.95. The number of rotatable bonds is 4. The molecule has 0 N–H and O–H groups in total. The van der Waals surface area contributed by atoms with Crippen LogP contribution in [-0.2, 0) is 0 Å². The standard InChI is InChI=1S/C39H24N2S2/c1-2-8-25(9-3-1)26-15-17-27(18-16-26)41(28-19-20-30-29-10-4-5-13-35(29)42-37(30)24-28)34-12-6-14-36-38(34)32-21-22-33-31(39(32)43-36)11-7-23-40-33/h1-24H. The van der Waals surface area contributed by atoms with Crippen LogP contribution >= 0.6 is 22.7 Å². The van der Waals surface area contributed by atoms with Gasteiger partial charge in [-0.15, -0.1) is 22.7 Å². The molecule has 3 aromatic heterocycles. The molecule has 0 amide bonds. The smallest absolute Gasteiger partial charge is 0.0716 e. The zero-order valence-electron chi connectivity index (χ0n) is 23.1. The van der Waals surface area contributed by atoms with Gasteiger partial charge in [0.2, 0.25) is 0 Å². The van der Waals surface area contributed by atoms with Crippen molar-refractivity contribution in [3.63, 3.8) is 0 Å². The molecule has 9 aromatic rings. The first kappa shape index (κ1) is 24.6. The predicted molar refractivity (Wildman–Crippen MR) is 188 cm³/mol. The van der Waals surface area contributed by atoms with E-state index in [9.17, 15) is 0 Å². The molecule has 0 unspecified atom stereocenters. The van der Waals surface area contributed by atoms with E-state index in [4.69, 9.17) is 0 Å². The Morgan fingerprint density at radius 2 is 1.19 bits per heavy atom. The summed E-state index contributed by atoms with van der Waals surface area (Å²) in [6.07, 6.45) is 1.87. The van der Waals surface area contributed by atoms with Crippen LogP contribution in [0.3, 0.4) is 0 Å². The highest BCUT2D eigenvalue weighted by molar-refractivity contribution is 7.27. The molecule has 202 valence electrons. The number of benzene rings is 6. The van der Waals surface area contributed by atoms with E-state index in [1.807, 2.05) is 34.9 Å². The summed E-state index contributed by atoms with van der Waals surface area (Å²) in [5, 5.41) is 6.38. The summed E-state index contributed by atoms with van der Waals surface area (Å²) in [4.78, 5) is 7.06. The fourth-order valence-electron chi connectivity index (χ4n) is 6.32. The fraction of sp³-hybridized carbons (Fsp3) is 0. The molecule has 0 bridgehead atoms. The van der Waals surface area contributed by atoms with Gasteiger partial charge in [0, 0.05) is 63.3 Å². The molecule has 0 atom stereocenters. The number of hydrogen-bond donors (Lipinski definition) is 0. The van der Waals surface area contributed by atoms with Gasteiger partial charge in [-0.3, -0.25) is 4.98 Å². The SMILES string of the molecule is c1ccc(-c2ccc(N(c3ccc4c(c3)sc3ccccc34)c3cccc4sc5c6cccnc6ccc5c34)cc2)cc1. The molecule has 3 heterocycles. The summed E-state index contributed by atoms with van der Waals surface area (Å²) in [6.45, 7) is 0. The molecular weight excluding hydrogens is 561 g/mol. The number of fused-ring (bicyclic) bond motifs is 8. The first-order valence-corrected chi connectivity index (χ1v) is 16.0. The Bertz CT molecular complexity index is 2450. The number of thiophene rings is 2. The second-order valence-corrected chi connectivity index (χ2v) is 12.9. The van der Waals surface area contributed by atoms with E-state index in [-0.39, 0.29) is 0 Å². The lowest BCUT2D eigenvalue weighted by atomic mass is 10.0. The highest BCUT2D eigenvalue weighted by Gasteiger charge is 2.20. The van der Waals surface area contributed by atoms with Gasteiger partial charge in [-0.1, -0.05) is 78.9 Å². The molecule has 0 fully saturated rings. The largest absolute Gasteiger partial charge is 0.310 e. The normalized spacial score (nSPS) is 11.7. The van der Waals surface area contributed by atoms with Crippen molar-refractivity contribution in [2.75, 3.05) is 4.90 Å². The van der Waals surface area contributed by atoms with Crippen molar-refractivity contribution in [1.82, 2.24) is 4.98 Å². The van der Waals surface area contributed by atoms with Crippen molar-refractivity contribution >= 4 is 91.0 Å². The van der Waals surface area contributed by atoms with Crippen LogP contribution in [-0.4, -0.2) is 4.98 Å². The molecule has 0 aliphatic rings. The number of hydrogen-bond acceptors (Lipinski definition) is 4. The third-order valence-corrected chi connectivity index (χ3v) is 10.7. The average molecular weight is 585 g/mol. The van der Waals surface area contributed by atoms with Gasteiger partial charge in [0.1, 0.15) is 0 Å². The molecule has 9 rings (SSSR count). The van der Waals surface area contributed by atoms with Gasteiger partial charge in [0.05, 0.1) is 11.2 Å². The maximum Gasteiger partial charge on any atom is 0.0716 e. The van der Waals surface area contributed by atoms with E-state index in [1.54, 1.807) is 0 Å². The number of nitrogens with zero attached hydrogens (tertiary/aromatic N) is 2. The molecule has 0 aliphatic carbocycles. The van der Waals surface area contributed by atoms with Crippen LogP contribution in [0.25, 0.3) is 62.4 Å². The van der Waals surface area contributed by atoms with Crippen molar-refractivity contribution in [2.24, 2.45) is 0 Å². The zero-order chi connectivity index (χ0) is 28.3. The molecule has 0 spiro atoms. The molecule has 0 radical (unpaired) electrons. The first-order valence-electron chi connectivity index (χ1n) is 14.4.